The minimum absolute atomic E-state index is 0.0730. The van der Waals surface area contributed by atoms with Crippen molar-refractivity contribution in [3.05, 3.63) is 59.0 Å². The maximum absolute atomic E-state index is 12.1. The number of carbonyl (C=O) groups is 1. The molecule has 1 N–H and O–H groups in total. The van der Waals surface area contributed by atoms with Crippen molar-refractivity contribution >= 4 is 15.8 Å². The number of carboxylic acids is 1. The van der Waals surface area contributed by atoms with Crippen molar-refractivity contribution in [2.45, 2.75) is 11.5 Å². The van der Waals surface area contributed by atoms with E-state index >= 15 is 0 Å². The Kier molecular flexibility index (Phi) is 4.10. The molecule has 21 heavy (non-hydrogen) atoms. The average molecular weight is 305 g/mol. The molecule has 2 rings (SSSR count). The minimum atomic E-state index is -3.52. The van der Waals surface area contributed by atoms with Gasteiger partial charge in [-0.2, -0.15) is 5.26 Å². The van der Waals surface area contributed by atoms with E-state index in [4.69, 9.17) is 14.8 Å². The number of furan rings is 1. The van der Waals surface area contributed by atoms with Crippen LogP contribution in [-0.2, 0) is 21.3 Å². The summed E-state index contributed by atoms with van der Waals surface area (Å²) < 4.78 is 29.0. The molecule has 1 aromatic heterocycles. The van der Waals surface area contributed by atoms with E-state index in [0.29, 0.717) is 11.1 Å². The summed E-state index contributed by atoms with van der Waals surface area (Å²) in [4.78, 5) is 10.7. The van der Waals surface area contributed by atoms with Gasteiger partial charge in [-0.1, -0.05) is 12.1 Å². The molecule has 1 aromatic carbocycles. The monoisotopic (exact) mass is 305 g/mol. The predicted octanol–water partition coefficient (Wildman–Crippen LogP) is 1.96. The average Bonchev–Trinajstić information content (AvgIpc) is 2.86. The Morgan fingerprint density at radius 3 is 2.62 bits per heavy atom. The van der Waals surface area contributed by atoms with Crippen LogP contribution < -0.4 is 0 Å². The van der Waals surface area contributed by atoms with Crippen LogP contribution in [0.3, 0.4) is 0 Å². The van der Waals surface area contributed by atoms with Crippen LogP contribution in [0.15, 0.2) is 40.8 Å². The Labute approximate surface area is 121 Å². The SMILES string of the molecule is N#Cc1cccc(CS(=O)(=O)Cc2ccc(C(=O)O)o2)c1. The van der Waals surface area contributed by atoms with Gasteiger partial charge in [-0.3, -0.25) is 0 Å². The van der Waals surface area contributed by atoms with E-state index in [9.17, 15) is 13.2 Å². The number of rotatable bonds is 5. The number of aromatic carboxylic acids is 1. The molecule has 0 fully saturated rings. The lowest BCUT2D eigenvalue weighted by Gasteiger charge is -2.03. The van der Waals surface area contributed by atoms with Gasteiger partial charge in [-0.05, 0) is 29.8 Å². The van der Waals surface area contributed by atoms with Gasteiger partial charge in [0.2, 0.25) is 5.76 Å². The first-order valence-corrected chi connectivity index (χ1v) is 7.73. The zero-order chi connectivity index (χ0) is 15.5. The summed E-state index contributed by atoms with van der Waals surface area (Å²) in [5, 5.41) is 17.5. The molecule has 2 aromatic rings. The van der Waals surface area contributed by atoms with Crippen molar-refractivity contribution in [3.8, 4) is 6.07 Å². The first-order chi connectivity index (χ1) is 9.89. The second kappa shape index (κ2) is 5.81. The molecule has 0 radical (unpaired) electrons. The Bertz CT molecular complexity index is 814. The largest absolute Gasteiger partial charge is 0.475 e. The minimum Gasteiger partial charge on any atom is -0.475 e. The topological polar surface area (TPSA) is 108 Å². The lowest BCUT2D eigenvalue weighted by Crippen LogP contribution is -2.07. The van der Waals surface area contributed by atoms with Gasteiger partial charge in [0.1, 0.15) is 11.5 Å². The van der Waals surface area contributed by atoms with E-state index in [1.165, 1.54) is 18.2 Å². The third-order valence-corrected chi connectivity index (χ3v) is 4.17. The Hall–Kier alpha value is -2.59. The van der Waals surface area contributed by atoms with Crippen LogP contribution in [0, 0.1) is 11.3 Å². The molecule has 0 unspecified atom stereocenters. The van der Waals surface area contributed by atoms with E-state index in [1.54, 1.807) is 18.2 Å². The standard InChI is InChI=1S/C14H11NO5S/c15-7-10-2-1-3-11(6-10)8-21(18,19)9-12-4-5-13(20-12)14(16)17/h1-6H,8-9H2,(H,16,17). The fourth-order valence-electron chi connectivity index (χ4n) is 1.82. The number of nitriles is 1. The summed E-state index contributed by atoms with van der Waals surface area (Å²) >= 11 is 0. The molecule has 0 saturated heterocycles. The molecule has 0 saturated carbocycles. The number of hydrogen-bond acceptors (Lipinski definition) is 5. The van der Waals surface area contributed by atoms with E-state index in [0.717, 1.165) is 0 Å². The van der Waals surface area contributed by atoms with Gasteiger partial charge in [-0.15, -0.1) is 0 Å². The molecule has 7 heteroatoms. The fourth-order valence-corrected chi connectivity index (χ4v) is 3.20. The van der Waals surface area contributed by atoms with E-state index < -0.39 is 21.6 Å². The van der Waals surface area contributed by atoms with Gasteiger partial charge in [-0.25, -0.2) is 13.2 Å². The second-order valence-electron chi connectivity index (χ2n) is 4.42. The van der Waals surface area contributed by atoms with Crippen molar-refractivity contribution < 1.29 is 22.7 Å². The molecule has 0 bridgehead atoms. The normalized spacial score (nSPS) is 11.0. The molecular weight excluding hydrogens is 294 g/mol. The Morgan fingerprint density at radius 2 is 2.00 bits per heavy atom. The number of carboxylic acid groups (broad SMARTS) is 1. The fraction of sp³-hybridized carbons (Fsp3) is 0.143. The number of hydrogen-bond donors (Lipinski definition) is 1. The van der Waals surface area contributed by atoms with Gasteiger partial charge in [0.05, 0.1) is 17.4 Å². The van der Waals surface area contributed by atoms with Crippen molar-refractivity contribution in [1.82, 2.24) is 0 Å². The zero-order valence-corrected chi connectivity index (χ0v) is 11.6. The van der Waals surface area contributed by atoms with Crippen molar-refractivity contribution in [3.63, 3.8) is 0 Å². The maximum Gasteiger partial charge on any atom is 0.371 e. The molecule has 0 atom stereocenters. The highest BCUT2D eigenvalue weighted by Crippen LogP contribution is 2.16. The highest BCUT2D eigenvalue weighted by atomic mass is 32.2. The summed E-state index contributed by atoms with van der Waals surface area (Å²) in [6.07, 6.45) is 0. The van der Waals surface area contributed by atoms with Gasteiger partial charge in [0.25, 0.3) is 0 Å². The second-order valence-corrected chi connectivity index (χ2v) is 6.48. The van der Waals surface area contributed by atoms with E-state index in [1.807, 2.05) is 6.07 Å². The zero-order valence-electron chi connectivity index (χ0n) is 10.8. The molecule has 108 valence electrons. The van der Waals surface area contributed by atoms with Crippen LogP contribution in [0.2, 0.25) is 0 Å². The van der Waals surface area contributed by atoms with Crippen LogP contribution in [0.4, 0.5) is 0 Å². The molecule has 0 aliphatic rings. The van der Waals surface area contributed by atoms with Crippen molar-refractivity contribution in [1.29, 1.82) is 5.26 Å². The molecule has 1 heterocycles. The number of nitrogens with zero attached hydrogens (tertiary/aromatic N) is 1. The summed E-state index contributed by atoms with van der Waals surface area (Å²) in [5.74, 6) is -2.11. The summed E-state index contributed by atoms with van der Waals surface area (Å²) in [6.45, 7) is 0. The predicted molar refractivity (Wildman–Crippen MR) is 73.2 cm³/mol. The Balaban J connectivity index is 2.14. The van der Waals surface area contributed by atoms with Crippen LogP contribution in [0.1, 0.15) is 27.4 Å². The summed E-state index contributed by atoms with van der Waals surface area (Å²) in [6, 6.07) is 10.8. The third kappa shape index (κ3) is 3.94. The van der Waals surface area contributed by atoms with Crippen molar-refractivity contribution in [2.75, 3.05) is 0 Å². The van der Waals surface area contributed by atoms with Gasteiger partial charge < -0.3 is 9.52 Å². The van der Waals surface area contributed by atoms with Crippen LogP contribution in [0.5, 0.6) is 0 Å². The highest BCUT2D eigenvalue weighted by Gasteiger charge is 2.17. The van der Waals surface area contributed by atoms with Gasteiger partial charge in [0.15, 0.2) is 9.84 Å². The lowest BCUT2D eigenvalue weighted by molar-refractivity contribution is 0.0660. The maximum atomic E-state index is 12.1. The molecule has 0 aliphatic carbocycles. The van der Waals surface area contributed by atoms with Crippen LogP contribution in [-0.4, -0.2) is 19.5 Å². The van der Waals surface area contributed by atoms with Gasteiger partial charge in [0, 0.05) is 0 Å². The molecule has 6 nitrogen and oxygen atoms in total. The first kappa shape index (κ1) is 14.8. The van der Waals surface area contributed by atoms with Crippen molar-refractivity contribution in [2.24, 2.45) is 0 Å². The first-order valence-electron chi connectivity index (χ1n) is 5.91. The van der Waals surface area contributed by atoms with E-state index in [2.05, 4.69) is 0 Å². The highest BCUT2D eigenvalue weighted by molar-refractivity contribution is 7.89. The quantitative estimate of drug-likeness (QED) is 0.904. The third-order valence-electron chi connectivity index (χ3n) is 2.68. The summed E-state index contributed by atoms with van der Waals surface area (Å²) in [5.41, 5.74) is 0.882. The smallest absolute Gasteiger partial charge is 0.371 e. The van der Waals surface area contributed by atoms with Gasteiger partial charge >= 0.3 is 5.97 Å². The number of benzene rings is 1. The molecule has 0 spiro atoms. The van der Waals surface area contributed by atoms with Crippen LogP contribution in [0.25, 0.3) is 0 Å². The number of sulfone groups is 1. The summed E-state index contributed by atoms with van der Waals surface area (Å²) in [7, 11) is -3.52. The molecular formula is C14H11NO5S. The molecule has 0 amide bonds. The van der Waals surface area contributed by atoms with Crippen LogP contribution >= 0.6 is 0 Å². The van der Waals surface area contributed by atoms with E-state index in [-0.39, 0.29) is 17.3 Å². The molecule has 0 aliphatic heterocycles. The lowest BCUT2D eigenvalue weighted by atomic mass is 10.2. The Morgan fingerprint density at radius 1 is 1.24 bits per heavy atom.